The predicted molar refractivity (Wildman–Crippen MR) is 362 cm³/mol. The summed E-state index contributed by atoms with van der Waals surface area (Å²) in [5, 5.41) is 0. The van der Waals surface area contributed by atoms with Gasteiger partial charge in [0.1, 0.15) is 13.2 Å². The van der Waals surface area contributed by atoms with Crippen LogP contribution >= 0.6 is 0 Å². The molecule has 0 saturated heterocycles. The van der Waals surface area contributed by atoms with Gasteiger partial charge in [-0.15, -0.1) is 0 Å². The van der Waals surface area contributed by atoms with E-state index in [0.717, 1.165) is 148 Å². The van der Waals surface area contributed by atoms with Gasteiger partial charge in [-0.2, -0.15) is 0 Å². The van der Waals surface area contributed by atoms with Crippen molar-refractivity contribution in [1.82, 2.24) is 0 Å². The quantitative estimate of drug-likeness (QED) is 0.0261. The Morgan fingerprint density at radius 2 is 0.470 bits per heavy atom. The molecule has 0 aliphatic carbocycles. The number of hydrogen-bond donors (Lipinski definition) is 0. The molecule has 0 amide bonds. The van der Waals surface area contributed by atoms with E-state index in [9.17, 15) is 14.4 Å². The Kier molecular flexibility index (Phi) is 65.8. The lowest BCUT2D eigenvalue weighted by molar-refractivity contribution is -0.167. The Balaban J connectivity index is 4.29. The van der Waals surface area contributed by atoms with Crippen LogP contribution in [0.1, 0.15) is 303 Å². The largest absolute Gasteiger partial charge is 0.462 e. The van der Waals surface area contributed by atoms with E-state index in [1.54, 1.807) is 0 Å². The summed E-state index contributed by atoms with van der Waals surface area (Å²) in [5.41, 5.74) is 0. The molecule has 0 N–H and O–H groups in total. The zero-order valence-corrected chi connectivity index (χ0v) is 53.9. The highest BCUT2D eigenvalue weighted by Gasteiger charge is 2.19. The van der Waals surface area contributed by atoms with Gasteiger partial charge in [-0.3, -0.25) is 14.4 Å². The van der Waals surface area contributed by atoms with Crippen LogP contribution in [0.5, 0.6) is 0 Å². The molecule has 0 fully saturated rings. The summed E-state index contributed by atoms with van der Waals surface area (Å²) < 4.78 is 16.9. The number of carbonyl (C=O) groups excluding carboxylic acids is 3. The second kappa shape index (κ2) is 69.8. The molecule has 83 heavy (non-hydrogen) atoms. The van der Waals surface area contributed by atoms with Crippen molar-refractivity contribution in [2.75, 3.05) is 13.2 Å². The summed E-state index contributed by atoms with van der Waals surface area (Å²) >= 11 is 0. The third-order valence-electron chi connectivity index (χ3n) is 14.3. The van der Waals surface area contributed by atoms with Crippen molar-refractivity contribution in [3.8, 4) is 0 Å². The van der Waals surface area contributed by atoms with E-state index in [-0.39, 0.29) is 31.1 Å². The van der Waals surface area contributed by atoms with Crippen LogP contribution in [0.2, 0.25) is 0 Å². The summed E-state index contributed by atoms with van der Waals surface area (Å²) in [6, 6.07) is 0. The molecule has 1 atom stereocenters. The van der Waals surface area contributed by atoms with Crippen LogP contribution < -0.4 is 0 Å². The van der Waals surface area contributed by atoms with Crippen molar-refractivity contribution in [2.45, 2.75) is 309 Å². The second-order valence-electron chi connectivity index (χ2n) is 22.3. The van der Waals surface area contributed by atoms with Gasteiger partial charge in [-0.1, -0.05) is 295 Å². The Hall–Kier alpha value is -4.71. The first-order chi connectivity index (χ1) is 41.0. The maximum Gasteiger partial charge on any atom is 0.306 e. The lowest BCUT2D eigenvalue weighted by Gasteiger charge is -2.18. The maximum absolute atomic E-state index is 12.9. The van der Waals surface area contributed by atoms with Crippen LogP contribution in [-0.4, -0.2) is 37.2 Å². The molecule has 1 unspecified atom stereocenters. The van der Waals surface area contributed by atoms with Crippen molar-refractivity contribution in [1.29, 1.82) is 0 Å². The van der Waals surface area contributed by atoms with E-state index in [1.807, 2.05) is 0 Å². The molecule has 0 bridgehead atoms. The molecule has 0 aromatic heterocycles. The number of unbranched alkanes of at least 4 members (excludes halogenated alkanes) is 26. The van der Waals surface area contributed by atoms with Gasteiger partial charge >= 0.3 is 17.9 Å². The minimum atomic E-state index is -0.793. The topological polar surface area (TPSA) is 78.9 Å². The summed E-state index contributed by atoms with van der Waals surface area (Å²) in [6.07, 6.45) is 100. The van der Waals surface area contributed by atoms with Crippen molar-refractivity contribution >= 4 is 17.9 Å². The van der Waals surface area contributed by atoms with Gasteiger partial charge < -0.3 is 14.2 Å². The molecule has 0 aromatic rings. The first kappa shape index (κ1) is 78.3. The zero-order chi connectivity index (χ0) is 59.9. The lowest BCUT2D eigenvalue weighted by Crippen LogP contribution is -2.30. The highest BCUT2D eigenvalue weighted by atomic mass is 16.6. The van der Waals surface area contributed by atoms with E-state index < -0.39 is 6.10 Å². The van der Waals surface area contributed by atoms with Gasteiger partial charge in [-0.05, 0) is 135 Å². The van der Waals surface area contributed by atoms with E-state index in [4.69, 9.17) is 14.2 Å². The van der Waals surface area contributed by atoms with Gasteiger partial charge in [0.25, 0.3) is 0 Å². The van der Waals surface area contributed by atoms with Crippen LogP contribution in [-0.2, 0) is 28.6 Å². The van der Waals surface area contributed by atoms with Crippen molar-refractivity contribution in [2.24, 2.45) is 0 Å². The molecule has 0 aliphatic heterocycles. The zero-order valence-electron chi connectivity index (χ0n) is 53.9. The van der Waals surface area contributed by atoms with Gasteiger partial charge in [0.15, 0.2) is 6.10 Å². The van der Waals surface area contributed by atoms with Gasteiger partial charge in [0.2, 0.25) is 0 Å². The highest BCUT2D eigenvalue weighted by molar-refractivity contribution is 5.71. The fraction of sp³-hybridized carbons (Fsp3) is 0.649. The standard InChI is InChI=1S/C77H126O6/c1-4-7-10-13-16-19-22-24-26-28-30-32-34-36-37-38-39-41-42-44-46-48-50-52-55-58-61-64-67-70-76(79)82-73-74(72-81-75(78)69-66-63-60-57-54-21-18-15-12-9-6-3)83-77(80)71-68-65-62-59-56-53-51-49-47-45-43-40-35-33-31-29-27-25-23-20-17-14-11-8-5-2/h7-8,10-11,15-20,24-27,30-33,36-37,39-41,43,74H,4-6,9,12-14,21-23,28-29,34-35,38,42,44-73H2,1-3H3/b10-7-,11-8-,18-15-,19-16-,20-17-,26-24-,27-25-,32-30-,33-31-,37-36-,41-39-,43-40-. The summed E-state index contributed by atoms with van der Waals surface area (Å²) in [4.78, 5) is 38.4. The molecule has 0 rings (SSSR count). The monoisotopic (exact) mass is 1150 g/mol. The molecular formula is C77H126O6. The second-order valence-corrected chi connectivity index (χ2v) is 22.3. The molecule has 0 aromatic carbocycles. The first-order valence-corrected chi connectivity index (χ1v) is 34.3. The molecule has 6 nitrogen and oxygen atoms in total. The summed E-state index contributed by atoms with van der Waals surface area (Å²) in [6.45, 7) is 6.37. The van der Waals surface area contributed by atoms with Crippen LogP contribution in [0.4, 0.5) is 0 Å². The van der Waals surface area contributed by atoms with E-state index in [0.29, 0.717) is 19.3 Å². The molecule has 0 radical (unpaired) electrons. The number of esters is 3. The fourth-order valence-electron chi connectivity index (χ4n) is 9.22. The summed E-state index contributed by atoms with van der Waals surface area (Å²) in [5.74, 6) is -0.905. The Labute approximate surface area is 512 Å². The number of hydrogen-bond acceptors (Lipinski definition) is 6. The van der Waals surface area contributed by atoms with Crippen LogP contribution in [0.15, 0.2) is 146 Å². The fourth-order valence-corrected chi connectivity index (χ4v) is 9.22. The number of allylic oxidation sites excluding steroid dienone is 24. The summed E-state index contributed by atoms with van der Waals surface area (Å²) in [7, 11) is 0. The number of carbonyl (C=O) groups is 3. The molecule has 470 valence electrons. The molecule has 0 aliphatic rings. The lowest BCUT2D eigenvalue weighted by atomic mass is 10.1. The SMILES string of the molecule is CC/C=C\C/C=C\C/C=C\C/C=C\C/C=C\C/C=C\CCCCCCCCCCCCC(=O)OCC(COC(=O)CCCCCCC/C=C\CCCC)OC(=O)CCCCCCCCCCC/C=C\C/C=C\C/C=C\C/C=C\C/C=C\CC. The van der Waals surface area contributed by atoms with Gasteiger partial charge in [0.05, 0.1) is 0 Å². The molecule has 0 heterocycles. The van der Waals surface area contributed by atoms with Crippen molar-refractivity contribution in [3.63, 3.8) is 0 Å². The highest BCUT2D eigenvalue weighted by Crippen LogP contribution is 2.16. The Morgan fingerprint density at radius 1 is 0.253 bits per heavy atom. The third-order valence-corrected chi connectivity index (χ3v) is 14.3. The number of rotatable bonds is 61. The molecule has 0 saturated carbocycles. The molecule has 0 spiro atoms. The van der Waals surface area contributed by atoms with Crippen molar-refractivity contribution < 1.29 is 28.6 Å². The smallest absolute Gasteiger partial charge is 0.306 e. The number of ether oxygens (including phenoxy) is 3. The Bertz CT molecular complexity index is 1800. The molecule has 6 heteroatoms. The van der Waals surface area contributed by atoms with Crippen LogP contribution in [0, 0.1) is 0 Å². The Morgan fingerprint density at radius 3 is 0.747 bits per heavy atom. The predicted octanol–water partition coefficient (Wildman–Crippen LogP) is 23.9. The average molecular weight is 1150 g/mol. The maximum atomic E-state index is 12.9. The van der Waals surface area contributed by atoms with Crippen LogP contribution in [0.3, 0.4) is 0 Å². The van der Waals surface area contributed by atoms with E-state index >= 15 is 0 Å². The minimum Gasteiger partial charge on any atom is -0.462 e. The van der Waals surface area contributed by atoms with Crippen molar-refractivity contribution in [3.05, 3.63) is 146 Å². The van der Waals surface area contributed by atoms with E-state index in [1.165, 1.54) is 116 Å². The van der Waals surface area contributed by atoms with Gasteiger partial charge in [0, 0.05) is 19.3 Å². The molecular weight excluding hydrogens is 1020 g/mol. The average Bonchev–Trinajstić information content (AvgIpc) is 3.48. The minimum absolute atomic E-state index is 0.0888. The van der Waals surface area contributed by atoms with Crippen LogP contribution in [0.25, 0.3) is 0 Å². The third kappa shape index (κ3) is 68.0. The van der Waals surface area contributed by atoms with Gasteiger partial charge in [-0.25, -0.2) is 0 Å². The van der Waals surface area contributed by atoms with E-state index in [2.05, 4.69) is 167 Å². The normalized spacial score (nSPS) is 13.0. The first-order valence-electron chi connectivity index (χ1n) is 34.3.